The molecule has 0 unspecified atom stereocenters. The standard InChI is InChI=1S/C34H35Cl2N3O5S2/c1-4-44-27-13-11-26(12-14-27)39(46(42,43)29-17-15-28(45-3)16-18-29)23-33(40)38(22-25-10-19-30(35)31(36)20-25)32(34(41)37-2)21-24-8-6-5-7-9-24/h5-20,32H,4,21-23H2,1-3H3,(H,37,41)/t32-/m1/s1. The first-order valence-electron chi connectivity index (χ1n) is 14.5. The van der Waals surface area contributed by atoms with Gasteiger partial charge in [-0.25, -0.2) is 8.42 Å². The highest BCUT2D eigenvalue weighted by Gasteiger charge is 2.34. The van der Waals surface area contributed by atoms with E-state index in [1.54, 1.807) is 54.6 Å². The molecule has 0 spiro atoms. The Balaban J connectivity index is 1.80. The third-order valence-corrected chi connectivity index (χ3v) is 10.5. The first-order chi connectivity index (χ1) is 22.1. The molecule has 242 valence electrons. The zero-order chi connectivity index (χ0) is 33.3. The van der Waals surface area contributed by atoms with E-state index in [0.29, 0.717) is 28.0 Å². The number of hydrogen-bond acceptors (Lipinski definition) is 6. The Morgan fingerprint density at radius 2 is 1.57 bits per heavy atom. The first-order valence-corrected chi connectivity index (χ1v) is 17.9. The fourth-order valence-corrected chi connectivity index (χ4v) is 6.98. The lowest BCUT2D eigenvalue weighted by Gasteiger charge is -2.33. The number of carbonyl (C=O) groups excluding carboxylic acids is 2. The maximum absolute atomic E-state index is 14.4. The number of likely N-dealkylation sites (N-methyl/N-ethyl adjacent to an activating group) is 1. The summed E-state index contributed by atoms with van der Waals surface area (Å²) >= 11 is 14.0. The molecule has 0 aromatic heterocycles. The normalized spacial score (nSPS) is 11.8. The zero-order valence-corrected chi connectivity index (χ0v) is 28.8. The summed E-state index contributed by atoms with van der Waals surface area (Å²) in [7, 11) is -2.73. The average Bonchev–Trinajstić information content (AvgIpc) is 3.07. The molecule has 8 nitrogen and oxygen atoms in total. The van der Waals surface area contributed by atoms with E-state index in [9.17, 15) is 18.0 Å². The molecule has 12 heteroatoms. The summed E-state index contributed by atoms with van der Waals surface area (Å²) in [6.07, 6.45) is 2.09. The van der Waals surface area contributed by atoms with Crippen LogP contribution in [0.5, 0.6) is 5.75 Å². The molecule has 0 saturated carbocycles. The number of hydrogen-bond donors (Lipinski definition) is 1. The number of ether oxygens (including phenoxy) is 1. The van der Waals surface area contributed by atoms with Crippen molar-refractivity contribution in [1.82, 2.24) is 10.2 Å². The van der Waals surface area contributed by atoms with Crippen LogP contribution in [0.3, 0.4) is 0 Å². The largest absolute Gasteiger partial charge is 0.494 e. The lowest BCUT2D eigenvalue weighted by molar-refractivity contribution is -0.139. The molecule has 0 radical (unpaired) electrons. The minimum absolute atomic E-state index is 0.0233. The molecule has 4 aromatic rings. The third-order valence-electron chi connectivity index (χ3n) is 7.22. The van der Waals surface area contributed by atoms with Crippen LogP contribution in [0.25, 0.3) is 0 Å². The van der Waals surface area contributed by atoms with Gasteiger partial charge in [0.25, 0.3) is 10.0 Å². The van der Waals surface area contributed by atoms with E-state index in [0.717, 1.165) is 14.8 Å². The summed E-state index contributed by atoms with van der Waals surface area (Å²) in [6.45, 7) is 1.68. The summed E-state index contributed by atoms with van der Waals surface area (Å²) in [5, 5.41) is 3.30. The van der Waals surface area contributed by atoms with E-state index in [1.807, 2.05) is 43.5 Å². The summed E-state index contributed by atoms with van der Waals surface area (Å²) in [5.74, 6) is -0.433. The van der Waals surface area contributed by atoms with Crippen molar-refractivity contribution >= 4 is 62.5 Å². The van der Waals surface area contributed by atoms with Crippen molar-refractivity contribution in [2.45, 2.75) is 35.7 Å². The number of sulfonamides is 1. The van der Waals surface area contributed by atoms with E-state index < -0.39 is 34.4 Å². The number of carbonyl (C=O) groups is 2. The molecule has 0 aliphatic heterocycles. The lowest BCUT2D eigenvalue weighted by atomic mass is 10.0. The summed E-state index contributed by atoms with van der Waals surface area (Å²) in [6, 6.07) is 26.2. The molecule has 0 fully saturated rings. The molecular formula is C34H35Cl2N3O5S2. The van der Waals surface area contributed by atoms with Crippen LogP contribution < -0.4 is 14.4 Å². The van der Waals surface area contributed by atoms with Crippen LogP contribution in [0.4, 0.5) is 5.69 Å². The van der Waals surface area contributed by atoms with Gasteiger partial charge in [0.05, 0.1) is 27.2 Å². The van der Waals surface area contributed by atoms with Crippen molar-refractivity contribution in [1.29, 1.82) is 0 Å². The summed E-state index contributed by atoms with van der Waals surface area (Å²) < 4.78 is 35.0. The maximum atomic E-state index is 14.4. The van der Waals surface area contributed by atoms with Gasteiger partial charge in [0.1, 0.15) is 18.3 Å². The fraction of sp³-hybridized carbons (Fsp3) is 0.235. The van der Waals surface area contributed by atoms with Gasteiger partial charge in [-0.1, -0.05) is 59.6 Å². The topological polar surface area (TPSA) is 96.0 Å². The van der Waals surface area contributed by atoms with Crippen molar-refractivity contribution in [3.63, 3.8) is 0 Å². The molecule has 0 heterocycles. The van der Waals surface area contributed by atoms with Gasteiger partial charge >= 0.3 is 0 Å². The van der Waals surface area contributed by atoms with E-state index in [1.165, 1.54) is 35.8 Å². The molecule has 46 heavy (non-hydrogen) atoms. The Morgan fingerprint density at radius 3 is 2.15 bits per heavy atom. The van der Waals surface area contributed by atoms with Gasteiger partial charge in [-0.15, -0.1) is 11.8 Å². The van der Waals surface area contributed by atoms with E-state index in [-0.39, 0.29) is 23.5 Å². The number of halogens is 2. The summed E-state index contributed by atoms with van der Waals surface area (Å²) in [5.41, 5.74) is 1.71. The monoisotopic (exact) mass is 699 g/mol. The van der Waals surface area contributed by atoms with E-state index in [2.05, 4.69) is 5.32 Å². The van der Waals surface area contributed by atoms with E-state index >= 15 is 0 Å². The quantitative estimate of drug-likeness (QED) is 0.147. The number of benzene rings is 4. The van der Waals surface area contributed by atoms with Crippen LogP contribution in [-0.2, 0) is 32.6 Å². The maximum Gasteiger partial charge on any atom is 0.264 e. The summed E-state index contributed by atoms with van der Waals surface area (Å²) in [4.78, 5) is 30.1. The molecule has 4 rings (SSSR count). The van der Waals surface area contributed by atoms with Crippen molar-refractivity contribution in [3.8, 4) is 5.75 Å². The smallest absolute Gasteiger partial charge is 0.264 e. The highest BCUT2D eigenvalue weighted by molar-refractivity contribution is 7.98. The van der Waals surface area contributed by atoms with E-state index in [4.69, 9.17) is 27.9 Å². The SMILES string of the molecule is CCOc1ccc(N(CC(=O)N(Cc2ccc(Cl)c(Cl)c2)[C@H](Cc2ccccc2)C(=O)NC)S(=O)(=O)c2ccc(SC)cc2)cc1. The Hall–Kier alpha value is -3.70. The molecule has 1 N–H and O–H groups in total. The second-order valence-corrected chi connectivity index (χ2v) is 13.8. The van der Waals surface area contributed by atoms with Crippen LogP contribution in [0.1, 0.15) is 18.1 Å². The molecular weight excluding hydrogens is 665 g/mol. The minimum Gasteiger partial charge on any atom is -0.494 e. The van der Waals surface area contributed by atoms with Gasteiger partial charge in [0.2, 0.25) is 11.8 Å². The number of amides is 2. The Bertz CT molecular complexity index is 1740. The number of nitrogens with one attached hydrogen (secondary N) is 1. The van der Waals surface area contributed by atoms with Gasteiger partial charge in [-0.05, 0) is 85.0 Å². The van der Waals surface area contributed by atoms with Crippen LogP contribution in [0, 0.1) is 0 Å². The van der Waals surface area contributed by atoms with Crippen LogP contribution in [0.15, 0.2) is 107 Å². The van der Waals surface area contributed by atoms with Crippen LogP contribution >= 0.6 is 35.0 Å². The van der Waals surface area contributed by atoms with Crippen molar-refractivity contribution in [2.24, 2.45) is 0 Å². The molecule has 0 aliphatic rings. The molecule has 0 saturated heterocycles. The zero-order valence-electron chi connectivity index (χ0n) is 25.7. The highest BCUT2D eigenvalue weighted by Crippen LogP contribution is 2.29. The first kappa shape index (κ1) is 35.2. The third kappa shape index (κ3) is 8.76. The van der Waals surface area contributed by atoms with Crippen molar-refractivity contribution in [2.75, 3.05) is 30.8 Å². The second-order valence-electron chi connectivity index (χ2n) is 10.2. The van der Waals surface area contributed by atoms with Crippen molar-refractivity contribution in [3.05, 3.63) is 118 Å². The van der Waals surface area contributed by atoms with Gasteiger partial charge in [0.15, 0.2) is 0 Å². The Kier molecular flexibility index (Phi) is 12.4. The molecule has 0 bridgehead atoms. The number of anilines is 1. The minimum atomic E-state index is -4.23. The Labute approximate surface area is 284 Å². The number of rotatable bonds is 14. The molecule has 2 amide bonds. The Morgan fingerprint density at radius 1 is 0.891 bits per heavy atom. The van der Waals surface area contributed by atoms with Crippen molar-refractivity contribution < 1.29 is 22.7 Å². The van der Waals surface area contributed by atoms with Crippen LogP contribution in [0.2, 0.25) is 10.0 Å². The fourth-order valence-electron chi connectivity index (χ4n) is 4.83. The van der Waals surface area contributed by atoms with Gasteiger partial charge in [-0.2, -0.15) is 0 Å². The van der Waals surface area contributed by atoms with Crippen LogP contribution in [-0.4, -0.2) is 57.6 Å². The van der Waals surface area contributed by atoms with Gasteiger partial charge in [0, 0.05) is 24.9 Å². The molecule has 0 aliphatic carbocycles. The predicted molar refractivity (Wildman–Crippen MR) is 185 cm³/mol. The lowest BCUT2D eigenvalue weighted by Crippen LogP contribution is -2.53. The number of thioether (sulfide) groups is 1. The highest BCUT2D eigenvalue weighted by atomic mass is 35.5. The average molecular weight is 701 g/mol. The number of nitrogens with zero attached hydrogens (tertiary/aromatic N) is 2. The second kappa shape index (κ2) is 16.2. The molecule has 1 atom stereocenters. The predicted octanol–water partition coefficient (Wildman–Crippen LogP) is 6.70. The van der Waals surface area contributed by atoms with Gasteiger partial charge in [-0.3, -0.25) is 13.9 Å². The van der Waals surface area contributed by atoms with Gasteiger partial charge < -0.3 is 15.0 Å². The molecule has 4 aromatic carbocycles.